The van der Waals surface area contributed by atoms with Crippen LogP contribution in [0.5, 0.6) is 0 Å². The molecule has 1 aliphatic rings. The fraction of sp³-hybridized carbons (Fsp3) is 0.600. The highest BCUT2D eigenvalue weighted by Crippen LogP contribution is 2.34. The first-order chi connectivity index (χ1) is 8.90. The standard InChI is InChI=1S/C15H23N3O/c1-15(2,3)11-7-14(19)18(9-11)10-13-8-12(16-4)5-6-17-13/h5-6,8,11H,7,9-10H2,1-4H3,(H,16,17). The van der Waals surface area contributed by atoms with Crippen molar-refractivity contribution in [3.05, 3.63) is 24.0 Å². The molecule has 1 aliphatic heterocycles. The number of hydrogen-bond acceptors (Lipinski definition) is 3. The Labute approximate surface area is 115 Å². The molecule has 0 spiro atoms. The number of carbonyl (C=O) groups excluding carboxylic acids is 1. The molecule has 0 aliphatic carbocycles. The van der Waals surface area contributed by atoms with Gasteiger partial charge in [-0.05, 0) is 23.5 Å². The van der Waals surface area contributed by atoms with Crippen molar-refractivity contribution in [3.8, 4) is 0 Å². The van der Waals surface area contributed by atoms with Crippen LogP contribution >= 0.6 is 0 Å². The SMILES string of the molecule is CNc1ccnc(CN2CC(C(C)(C)C)CC2=O)c1. The van der Waals surface area contributed by atoms with Crippen LogP contribution in [-0.2, 0) is 11.3 Å². The van der Waals surface area contributed by atoms with Crippen molar-refractivity contribution in [2.75, 3.05) is 18.9 Å². The van der Waals surface area contributed by atoms with Crippen LogP contribution in [0.3, 0.4) is 0 Å². The quantitative estimate of drug-likeness (QED) is 0.909. The Morgan fingerprint density at radius 2 is 2.21 bits per heavy atom. The Morgan fingerprint density at radius 1 is 1.47 bits per heavy atom. The van der Waals surface area contributed by atoms with Crippen LogP contribution in [0.4, 0.5) is 5.69 Å². The summed E-state index contributed by atoms with van der Waals surface area (Å²) in [7, 11) is 1.88. The summed E-state index contributed by atoms with van der Waals surface area (Å²) in [5.74, 6) is 0.684. The fourth-order valence-corrected chi connectivity index (χ4v) is 2.42. The molecule has 1 fully saturated rings. The molecule has 1 N–H and O–H groups in total. The molecule has 1 amide bonds. The second-order valence-corrected chi connectivity index (χ2v) is 6.33. The number of rotatable bonds is 3. The van der Waals surface area contributed by atoms with E-state index in [2.05, 4.69) is 31.1 Å². The van der Waals surface area contributed by atoms with Crippen LogP contribution in [0, 0.1) is 11.3 Å². The summed E-state index contributed by atoms with van der Waals surface area (Å²) < 4.78 is 0. The molecule has 1 aromatic heterocycles. The van der Waals surface area contributed by atoms with E-state index in [-0.39, 0.29) is 11.3 Å². The number of carbonyl (C=O) groups is 1. The number of pyridine rings is 1. The second kappa shape index (κ2) is 5.19. The maximum absolute atomic E-state index is 12.1. The van der Waals surface area contributed by atoms with Gasteiger partial charge in [0.1, 0.15) is 0 Å². The number of nitrogens with one attached hydrogen (secondary N) is 1. The van der Waals surface area contributed by atoms with Crippen LogP contribution in [0.1, 0.15) is 32.9 Å². The third kappa shape index (κ3) is 3.25. The predicted molar refractivity (Wildman–Crippen MR) is 76.8 cm³/mol. The topological polar surface area (TPSA) is 45.2 Å². The summed E-state index contributed by atoms with van der Waals surface area (Å²) in [6.07, 6.45) is 2.44. The molecule has 1 atom stereocenters. The number of nitrogens with zero attached hydrogens (tertiary/aromatic N) is 2. The summed E-state index contributed by atoms with van der Waals surface area (Å²) in [4.78, 5) is 18.3. The van der Waals surface area contributed by atoms with Crippen LogP contribution in [0.25, 0.3) is 0 Å². The maximum atomic E-state index is 12.1. The van der Waals surface area contributed by atoms with Gasteiger partial charge in [-0.25, -0.2) is 0 Å². The van der Waals surface area contributed by atoms with Crippen molar-refractivity contribution < 1.29 is 4.79 Å². The predicted octanol–water partition coefficient (Wildman–Crippen LogP) is 2.52. The summed E-state index contributed by atoms with van der Waals surface area (Å²) in [5.41, 5.74) is 2.16. The monoisotopic (exact) mass is 261 g/mol. The summed E-state index contributed by atoms with van der Waals surface area (Å²) in [5, 5.41) is 3.09. The van der Waals surface area contributed by atoms with Crippen molar-refractivity contribution in [2.24, 2.45) is 11.3 Å². The molecule has 2 heterocycles. The number of likely N-dealkylation sites (tertiary alicyclic amines) is 1. The number of aromatic nitrogens is 1. The lowest BCUT2D eigenvalue weighted by atomic mass is 9.80. The van der Waals surface area contributed by atoms with Gasteiger partial charge in [0, 0.05) is 31.9 Å². The van der Waals surface area contributed by atoms with Gasteiger partial charge in [0.05, 0.1) is 12.2 Å². The van der Waals surface area contributed by atoms with Gasteiger partial charge in [-0.1, -0.05) is 20.8 Å². The smallest absolute Gasteiger partial charge is 0.223 e. The lowest BCUT2D eigenvalue weighted by Crippen LogP contribution is -2.27. The fourth-order valence-electron chi connectivity index (χ4n) is 2.42. The third-order valence-corrected chi connectivity index (χ3v) is 3.90. The van der Waals surface area contributed by atoms with Gasteiger partial charge in [0.2, 0.25) is 5.91 Å². The summed E-state index contributed by atoms with van der Waals surface area (Å²) in [6.45, 7) is 8.06. The molecule has 4 heteroatoms. The van der Waals surface area contributed by atoms with E-state index in [0.29, 0.717) is 18.9 Å². The van der Waals surface area contributed by atoms with E-state index in [1.54, 1.807) is 6.20 Å². The number of anilines is 1. The van der Waals surface area contributed by atoms with Gasteiger partial charge < -0.3 is 10.2 Å². The van der Waals surface area contributed by atoms with E-state index >= 15 is 0 Å². The summed E-state index contributed by atoms with van der Waals surface area (Å²) >= 11 is 0. The van der Waals surface area contributed by atoms with Crippen molar-refractivity contribution in [1.82, 2.24) is 9.88 Å². The molecule has 1 saturated heterocycles. The molecule has 0 saturated carbocycles. The largest absolute Gasteiger partial charge is 0.388 e. The zero-order valence-electron chi connectivity index (χ0n) is 12.2. The van der Waals surface area contributed by atoms with Gasteiger partial charge in [-0.15, -0.1) is 0 Å². The van der Waals surface area contributed by atoms with Gasteiger partial charge >= 0.3 is 0 Å². The Bertz CT molecular complexity index is 465. The zero-order valence-corrected chi connectivity index (χ0v) is 12.2. The van der Waals surface area contributed by atoms with Crippen LogP contribution in [-0.4, -0.2) is 29.4 Å². The average molecular weight is 261 g/mol. The van der Waals surface area contributed by atoms with E-state index in [1.165, 1.54) is 0 Å². The normalized spacial score (nSPS) is 19.9. The van der Waals surface area contributed by atoms with Crippen LogP contribution in [0.15, 0.2) is 18.3 Å². The van der Waals surface area contributed by atoms with Gasteiger partial charge in [-0.2, -0.15) is 0 Å². The van der Waals surface area contributed by atoms with E-state index in [9.17, 15) is 4.79 Å². The molecule has 19 heavy (non-hydrogen) atoms. The number of amides is 1. The third-order valence-electron chi connectivity index (χ3n) is 3.90. The van der Waals surface area contributed by atoms with Crippen molar-refractivity contribution >= 4 is 11.6 Å². The minimum atomic E-state index is 0.185. The molecule has 1 aromatic rings. The molecular weight excluding hydrogens is 238 g/mol. The van der Waals surface area contributed by atoms with Crippen molar-refractivity contribution in [2.45, 2.75) is 33.7 Å². The van der Waals surface area contributed by atoms with Crippen LogP contribution in [0.2, 0.25) is 0 Å². The van der Waals surface area contributed by atoms with Crippen LogP contribution < -0.4 is 5.32 Å². The minimum Gasteiger partial charge on any atom is -0.388 e. The minimum absolute atomic E-state index is 0.185. The highest BCUT2D eigenvalue weighted by molar-refractivity contribution is 5.78. The average Bonchev–Trinajstić information content (AvgIpc) is 2.71. The molecule has 1 unspecified atom stereocenters. The van der Waals surface area contributed by atoms with E-state index in [4.69, 9.17) is 0 Å². The molecular formula is C15H23N3O. The first-order valence-electron chi connectivity index (χ1n) is 6.80. The van der Waals surface area contributed by atoms with E-state index in [1.807, 2.05) is 24.1 Å². The second-order valence-electron chi connectivity index (χ2n) is 6.33. The molecule has 0 aromatic carbocycles. The lowest BCUT2D eigenvalue weighted by molar-refractivity contribution is -0.128. The Balaban J connectivity index is 2.05. The van der Waals surface area contributed by atoms with E-state index < -0.39 is 0 Å². The van der Waals surface area contributed by atoms with Crippen molar-refractivity contribution in [3.63, 3.8) is 0 Å². The molecule has 0 radical (unpaired) electrons. The highest BCUT2D eigenvalue weighted by atomic mass is 16.2. The Kier molecular flexibility index (Phi) is 3.78. The first kappa shape index (κ1) is 13.8. The first-order valence-corrected chi connectivity index (χ1v) is 6.80. The van der Waals surface area contributed by atoms with E-state index in [0.717, 1.165) is 17.9 Å². The Hall–Kier alpha value is -1.58. The maximum Gasteiger partial charge on any atom is 0.223 e. The van der Waals surface area contributed by atoms with Crippen molar-refractivity contribution in [1.29, 1.82) is 0 Å². The van der Waals surface area contributed by atoms with Gasteiger partial charge in [0.15, 0.2) is 0 Å². The molecule has 0 bridgehead atoms. The summed E-state index contributed by atoms with van der Waals surface area (Å²) in [6, 6.07) is 3.92. The molecule has 4 nitrogen and oxygen atoms in total. The molecule has 104 valence electrons. The molecule has 2 rings (SSSR count). The van der Waals surface area contributed by atoms with Gasteiger partial charge in [-0.3, -0.25) is 9.78 Å². The zero-order chi connectivity index (χ0) is 14.0. The Morgan fingerprint density at radius 3 is 2.79 bits per heavy atom. The number of hydrogen-bond donors (Lipinski definition) is 1. The lowest BCUT2D eigenvalue weighted by Gasteiger charge is -2.26. The van der Waals surface area contributed by atoms with Gasteiger partial charge in [0.25, 0.3) is 0 Å². The highest BCUT2D eigenvalue weighted by Gasteiger charge is 2.36.